The molecule has 0 bridgehead atoms. The number of likely N-dealkylation sites (tertiary alicyclic amines) is 1. The van der Waals surface area contributed by atoms with Crippen LogP contribution in [0.3, 0.4) is 0 Å². The molecule has 2 atom stereocenters. The number of pyridine rings is 1. The lowest BCUT2D eigenvalue weighted by Crippen LogP contribution is -2.56. The molecular weight excluding hydrogens is 339 g/mol. The van der Waals surface area contributed by atoms with E-state index in [0.29, 0.717) is 26.1 Å². The highest BCUT2D eigenvalue weighted by atomic mass is 19.4. The summed E-state index contributed by atoms with van der Waals surface area (Å²) in [6.45, 7) is 1.54. The number of carbonyl (C=O) groups excluding carboxylic acids is 2. The minimum Gasteiger partial charge on any atom is -0.353 e. The van der Waals surface area contributed by atoms with Crippen LogP contribution in [0.25, 0.3) is 0 Å². The van der Waals surface area contributed by atoms with E-state index in [4.69, 9.17) is 4.74 Å². The van der Waals surface area contributed by atoms with E-state index in [1.54, 1.807) is 4.90 Å². The maximum Gasteiger partial charge on any atom is 0.433 e. The second kappa shape index (κ2) is 5.42. The zero-order chi connectivity index (χ0) is 17.8. The molecule has 6 nitrogen and oxygen atoms in total. The number of alkyl halides is 3. The Balaban J connectivity index is 1.59. The van der Waals surface area contributed by atoms with Gasteiger partial charge in [-0.1, -0.05) is 0 Å². The van der Waals surface area contributed by atoms with E-state index >= 15 is 0 Å². The Morgan fingerprint density at radius 1 is 1.32 bits per heavy atom. The Kier molecular flexibility index (Phi) is 3.54. The molecule has 9 heteroatoms. The summed E-state index contributed by atoms with van der Waals surface area (Å²) in [5.41, 5.74) is -1.74. The average Bonchev–Trinajstić information content (AvgIpc) is 3.06. The summed E-state index contributed by atoms with van der Waals surface area (Å²) in [6, 6.07) is 1.51. The minimum absolute atomic E-state index is 0.0484. The van der Waals surface area contributed by atoms with Crippen LogP contribution in [0.15, 0.2) is 18.3 Å². The number of halogens is 3. The molecule has 1 aromatic heterocycles. The van der Waals surface area contributed by atoms with Crippen molar-refractivity contribution in [3.63, 3.8) is 0 Å². The molecule has 1 aromatic rings. The first kappa shape index (κ1) is 16.3. The highest BCUT2D eigenvalue weighted by Gasteiger charge is 2.61. The lowest BCUT2D eigenvalue weighted by Gasteiger charge is -2.42. The number of rotatable bonds is 1. The van der Waals surface area contributed by atoms with Crippen LogP contribution < -0.4 is 0 Å². The van der Waals surface area contributed by atoms with Crippen LogP contribution in [0.2, 0.25) is 0 Å². The Hall–Kier alpha value is -2.16. The van der Waals surface area contributed by atoms with Gasteiger partial charge in [-0.3, -0.25) is 14.6 Å². The normalized spacial score (nSPS) is 28.9. The van der Waals surface area contributed by atoms with Gasteiger partial charge in [0.1, 0.15) is 5.69 Å². The van der Waals surface area contributed by atoms with Crippen molar-refractivity contribution in [2.45, 2.75) is 37.2 Å². The van der Waals surface area contributed by atoms with Crippen molar-refractivity contribution in [2.24, 2.45) is 0 Å². The van der Waals surface area contributed by atoms with Crippen molar-refractivity contribution in [2.75, 3.05) is 19.7 Å². The van der Waals surface area contributed by atoms with Gasteiger partial charge in [0, 0.05) is 25.7 Å². The second-order valence-corrected chi connectivity index (χ2v) is 6.49. The molecule has 2 amide bonds. The molecule has 0 aromatic carbocycles. The molecule has 0 unspecified atom stereocenters. The number of aromatic nitrogens is 1. The molecule has 0 radical (unpaired) electrons. The van der Waals surface area contributed by atoms with E-state index in [1.165, 1.54) is 4.90 Å². The number of amides is 2. The largest absolute Gasteiger partial charge is 0.433 e. The quantitative estimate of drug-likeness (QED) is 0.769. The first-order valence-corrected chi connectivity index (χ1v) is 8.11. The van der Waals surface area contributed by atoms with Gasteiger partial charge in [-0.25, -0.2) is 0 Å². The summed E-state index contributed by atoms with van der Waals surface area (Å²) in [6.07, 6.45) is -2.15. The zero-order valence-electron chi connectivity index (χ0n) is 13.3. The molecule has 0 N–H and O–H groups in total. The number of carbonyl (C=O) groups is 2. The van der Waals surface area contributed by atoms with Gasteiger partial charge in [-0.15, -0.1) is 0 Å². The molecule has 4 heterocycles. The fraction of sp³-hybridized carbons (Fsp3) is 0.562. The van der Waals surface area contributed by atoms with Crippen LogP contribution in [0, 0.1) is 0 Å². The highest BCUT2D eigenvalue weighted by Crippen LogP contribution is 2.45. The smallest absolute Gasteiger partial charge is 0.353 e. The van der Waals surface area contributed by atoms with Crippen molar-refractivity contribution in [3.8, 4) is 0 Å². The molecular formula is C16H16F3N3O3. The van der Waals surface area contributed by atoms with Gasteiger partial charge in [0.15, 0.2) is 5.72 Å². The molecule has 3 aliphatic rings. The molecule has 0 saturated carbocycles. The van der Waals surface area contributed by atoms with Gasteiger partial charge in [-0.05, 0) is 18.6 Å². The predicted octanol–water partition coefficient (Wildman–Crippen LogP) is 1.66. The summed E-state index contributed by atoms with van der Waals surface area (Å²) in [4.78, 5) is 31.6. The van der Waals surface area contributed by atoms with Gasteiger partial charge >= 0.3 is 6.18 Å². The maximum atomic E-state index is 12.7. The second-order valence-electron chi connectivity index (χ2n) is 6.49. The standard InChI is InChI=1S/C16H16F3N3O3/c17-16(18,19)11-3-2-10(9-20-11)14(24)21-6-4-15-12(21)8-13(23)22(15)5-1-7-25-15/h2-3,9,12H,1,4-8H2/t12-,15+/m1/s1. The highest BCUT2D eigenvalue weighted by molar-refractivity contribution is 5.95. The first-order valence-electron chi connectivity index (χ1n) is 8.11. The summed E-state index contributed by atoms with van der Waals surface area (Å²) >= 11 is 0. The van der Waals surface area contributed by atoms with Crippen molar-refractivity contribution in [1.29, 1.82) is 0 Å². The van der Waals surface area contributed by atoms with Gasteiger partial charge in [0.05, 0.1) is 24.6 Å². The van der Waals surface area contributed by atoms with Crippen LogP contribution in [0.1, 0.15) is 35.3 Å². The van der Waals surface area contributed by atoms with Crippen LogP contribution in [-0.4, -0.2) is 58.1 Å². The van der Waals surface area contributed by atoms with Crippen molar-refractivity contribution in [1.82, 2.24) is 14.8 Å². The summed E-state index contributed by atoms with van der Waals surface area (Å²) in [5, 5.41) is 0. The number of hydrogen-bond donors (Lipinski definition) is 0. The Morgan fingerprint density at radius 3 is 2.80 bits per heavy atom. The van der Waals surface area contributed by atoms with E-state index in [9.17, 15) is 22.8 Å². The summed E-state index contributed by atoms with van der Waals surface area (Å²) in [7, 11) is 0. The molecule has 4 rings (SSSR count). The molecule has 1 spiro atoms. The summed E-state index contributed by atoms with van der Waals surface area (Å²) in [5.74, 6) is -0.473. The number of nitrogens with zero attached hydrogens (tertiary/aromatic N) is 3. The van der Waals surface area contributed by atoms with Crippen LogP contribution in [-0.2, 0) is 15.7 Å². The lowest BCUT2D eigenvalue weighted by molar-refractivity contribution is -0.179. The van der Waals surface area contributed by atoms with E-state index in [-0.39, 0.29) is 17.9 Å². The average molecular weight is 355 g/mol. The van der Waals surface area contributed by atoms with Crippen molar-refractivity contribution < 1.29 is 27.5 Å². The van der Waals surface area contributed by atoms with Crippen molar-refractivity contribution in [3.05, 3.63) is 29.6 Å². The molecule has 0 aliphatic carbocycles. The number of hydrogen-bond acceptors (Lipinski definition) is 4. The minimum atomic E-state index is -4.55. The Labute approximate surface area is 141 Å². The third-order valence-corrected chi connectivity index (χ3v) is 5.17. The molecule has 134 valence electrons. The fourth-order valence-corrected chi connectivity index (χ4v) is 4.05. The maximum absolute atomic E-state index is 12.7. The molecule has 25 heavy (non-hydrogen) atoms. The third-order valence-electron chi connectivity index (χ3n) is 5.17. The van der Waals surface area contributed by atoms with E-state index in [0.717, 1.165) is 24.8 Å². The van der Waals surface area contributed by atoms with Gasteiger partial charge in [0.2, 0.25) is 5.91 Å². The van der Waals surface area contributed by atoms with E-state index < -0.39 is 29.5 Å². The predicted molar refractivity (Wildman–Crippen MR) is 78.3 cm³/mol. The molecule has 3 saturated heterocycles. The Morgan fingerprint density at radius 2 is 2.12 bits per heavy atom. The molecule has 3 aliphatic heterocycles. The fourth-order valence-electron chi connectivity index (χ4n) is 4.05. The van der Waals surface area contributed by atoms with Crippen molar-refractivity contribution >= 4 is 11.8 Å². The van der Waals surface area contributed by atoms with Gasteiger partial charge < -0.3 is 14.5 Å². The SMILES string of the molecule is O=C(c1ccc(C(F)(F)F)nc1)N1CC[C@@]23OCCCN2C(=O)C[C@@H]13. The van der Waals surface area contributed by atoms with Gasteiger partial charge in [-0.2, -0.15) is 13.2 Å². The zero-order valence-corrected chi connectivity index (χ0v) is 13.3. The van der Waals surface area contributed by atoms with Gasteiger partial charge in [0.25, 0.3) is 5.91 Å². The van der Waals surface area contributed by atoms with E-state index in [2.05, 4.69) is 4.98 Å². The topological polar surface area (TPSA) is 62.7 Å². The summed E-state index contributed by atoms with van der Waals surface area (Å²) < 4.78 is 43.7. The van der Waals surface area contributed by atoms with Crippen LogP contribution >= 0.6 is 0 Å². The van der Waals surface area contributed by atoms with E-state index in [1.807, 2.05) is 0 Å². The van der Waals surface area contributed by atoms with Crippen LogP contribution in [0.5, 0.6) is 0 Å². The number of ether oxygens (including phenoxy) is 1. The molecule has 3 fully saturated rings. The first-order chi connectivity index (χ1) is 11.8. The third kappa shape index (κ3) is 2.40. The Bertz CT molecular complexity index is 722. The van der Waals surface area contributed by atoms with Crippen LogP contribution in [0.4, 0.5) is 13.2 Å². The monoisotopic (exact) mass is 355 g/mol. The lowest BCUT2D eigenvalue weighted by atomic mass is 10.0.